The van der Waals surface area contributed by atoms with E-state index < -0.39 is 28.5 Å². The highest BCUT2D eigenvalue weighted by Crippen LogP contribution is 2.28. The molecule has 166 valence electrons. The minimum absolute atomic E-state index is 0.0568. The van der Waals surface area contributed by atoms with Crippen molar-refractivity contribution >= 4 is 39.2 Å². The Balaban J connectivity index is 1.67. The number of piperidine rings is 1. The number of benzene rings is 2. The molecule has 9 heteroatoms. The Morgan fingerprint density at radius 2 is 1.77 bits per heavy atom. The molecular weight excluding hydrogens is 440 g/mol. The summed E-state index contributed by atoms with van der Waals surface area (Å²) in [6, 6.07) is 9.47. The predicted molar refractivity (Wildman–Crippen MR) is 119 cm³/mol. The van der Waals surface area contributed by atoms with Crippen LogP contribution in [0.15, 0.2) is 41.3 Å². The van der Waals surface area contributed by atoms with Gasteiger partial charge in [0.1, 0.15) is 0 Å². The number of nitrogens with zero attached hydrogens (tertiary/aromatic N) is 1. The lowest BCUT2D eigenvalue weighted by Crippen LogP contribution is -2.35. The number of rotatable bonds is 6. The molecule has 3 rings (SSSR count). The molecule has 0 radical (unpaired) electrons. The topological polar surface area (TPSA) is 92.8 Å². The molecule has 1 saturated heterocycles. The van der Waals surface area contributed by atoms with E-state index in [4.69, 9.17) is 16.3 Å². The van der Waals surface area contributed by atoms with Crippen molar-refractivity contribution in [3.05, 3.63) is 58.1 Å². The molecule has 1 N–H and O–H groups in total. The third-order valence-electron chi connectivity index (χ3n) is 5.10. The number of aryl methyl sites for hydroxylation is 2. The molecule has 1 fully saturated rings. The average Bonchev–Trinajstić information content (AvgIpc) is 2.74. The molecule has 0 bridgehead atoms. The van der Waals surface area contributed by atoms with Crippen LogP contribution in [-0.2, 0) is 19.6 Å². The van der Waals surface area contributed by atoms with Gasteiger partial charge in [0.2, 0.25) is 10.0 Å². The number of halogens is 1. The molecule has 1 aliphatic rings. The SMILES string of the molecule is Cc1ccc(C(=O)OCC(=O)Nc2cc(S(=O)(=O)N3CCCCC3)ccc2Cl)c(C)c1. The van der Waals surface area contributed by atoms with Crippen molar-refractivity contribution in [2.24, 2.45) is 0 Å². The second-order valence-corrected chi connectivity index (χ2v) is 9.89. The van der Waals surface area contributed by atoms with Gasteiger partial charge < -0.3 is 10.1 Å². The largest absolute Gasteiger partial charge is 0.452 e. The summed E-state index contributed by atoms with van der Waals surface area (Å²) in [4.78, 5) is 24.6. The van der Waals surface area contributed by atoms with Crippen LogP contribution in [0.4, 0.5) is 5.69 Å². The van der Waals surface area contributed by atoms with Gasteiger partial charge in [-0.25, -0.2) is 13.2 Å². The Morgan fingerprint density at radius 3 is 2.45 bits per heavy atom. The van der Waals surface area contributed by atoms with Crippen LogP contribution in [0.1, 0.15) is 40.7 Å². The molecule has 0 atom stereocenters. The molecule has 0 spiro atoms. The fourth-order valence-electron chi connectivity index (χ4n) is 3.45. The van der Waals surface area contributed by atoms with E-state index in [2.05, 4.69) is 5.32 Å². The monoisotopic (exact) mass is 464 g/mol. The maximum absolute atomic E-state index is 12.9. The van der Waals surface area contributed by atoms with E-state index in [1.165, 1.54) is 22.5 Å². The number of anilines is 1. The Kier molecular flexibility index (Phi) is 7.35. The number of nitrogens with one attached hydrogen (secondary N) is 1. The van der Waals surface area contributed by atoms with Crippen LogP contribution in [0.3, 0.4) is 0 Å². The van der Waals surface area contributed by atoms with Crippen LogP contribution in [0.5, 0.6) is 0 Å². The van der Waals surface area contributed by atoms with E-state index in [0.717, 1.165) is 30.4 Å². The smallest absolute Gasteiger partial charge is 0.338 e. The van der Waals surface area contributed by atoms with Gasteiger partial charge in [0.25, 0.3) is 5.91 Å². The summed E-state index contributed by atoms with van der Waals surface area (Å²) in [7, 11) is -3.67. The molecule has 1 heterocycles. The van der Waals surface area contributed by atoms with Crippen molar-refractivity contribution in [1.82, 2.24) is 4.31 Å². The minimum Gasteiger partial charge on any atom is -0.452 e. The number of ether oxygens (including phenoxy) is 1. The van der Waals surface area contributed by atoms with Crippen LogP contribution < -0.4 is 5.32 Å². The molecule has 0 aromatic heterocycles. The number of amides is 1. The van der Waals surface area contributed by atoms with Gasteiger partial charge in [0.15, 0.2) is 6.61 Å². The highest BCUT2D eigenvalue weighted by Gasteiger charge is 2.26. The molecule has 2 aromatic carbocycles. The zero-order valence-electron chi connectivity index (χ0n) is 17.5. The van der Waals surface area contributed by atoms with E-state index in [9.17, 15) is 18.0 Å². The molecule has 0 saturated carbocycles. The van der Waals surface area contributed by atoms with Gasteiger partial charge in [-0.3, -0.25) is 4.79 Å². The summed E-state index contributed by atoms with van der Waals surface area (Å²) < 4.78 is 32.3. The number of esters is 1. The maximum Gasteiger partial charge on any atom is 0.338 e. The van der Waals surface area contributed by atoms with Crippen molar-refractivity contribution in [1.29, 1.82) is 0 Å². The minimum atomic E-state index is -3.67. The van der Waals surface area contributed by atoms with E-state index >= 15 is 0 Å². The van der Waals surface area contributed by atoms with Crippen LogP contribution in [0, 0.1) is 13.8 Å². The van der Waals surface area contributed by atoms with Crippen LogP contribution in [0.2, 0.25) is 5.02 Å². The molecule has 0 unspecified atom stereocenters. The molecule has 1 aliphatic heterocycles. The van der Waals surface area contributed by atoms with Gasteiger partial charge in [-0.05, 0) is 56.5 Å². The first-order valence-electron chi connectivity index (χ1n) is 10.0. The van der Waals surface area contributed by atoms with E-state index in [0.29, 0.717) is 18.7 Å². The van der Waals surface area contributed by atoms with E-state index in [1.54, 1.807) is 19.1 Å². The second kappa shape index (κ2) is 9.80. The Bertz CT molecular complexity index is 1100. The maximum atomic E-state index is 12.9. The first-order valence-corrected chi connectivity index (χ1v) is 11.8. The molecule has 7 nitrogen and oxygen atoms in total. The second-order valence-electron chi connectivity index (χ2n) is 7.55. The van der Waals surface area contributed by atoms with Gasteiger partial charge in [0.05, 0.1) is 21.2 Å². The number of sulfonamides is 1. The normalized spacial score (nSPS) is 14.8. The zero-order chi connectivity index (χ0) is 22.6. The van der Waals surface area contributed by atoms with Crippen molar-refractivity contribution in [3.8, 4) is 0 Å². The quantitative estimate of drug-likeness (QED) is 0.654. The van der Waals surface area contributed by atoms with E-state index in [-0.39, 0.29) is 15.6 Å². The summed E-state index contributed by atoms with van der Waals surface area (Å²) >= 11 is 6.14. The van der Waals surface area contributed by atoms with Crippen LogP contribution >= 0.6 is 11.6 Å². The molecule has 0 aliphatic carbocycles. The average molecular weight is 465 g/mol. The zero-order valence-corrected chi connectivity index (χ0v) is 19.1. The summed E-state index contributed by atoms with van der Waals surface area (Å²) in [5.74, 6) is -1.23. The summed E-state index contributed by atoms with van der Waals surface area (Å²) in [6.07, 6.45) is 2.65. The molecule has 2 aromatic rings. The lowest BCUT2D eigenvalue weighted by Gasteiger charge is -2.26. The van der Waals surface area contributed by atoms with Crippen molar-refractivity contribution in [3.63, 3.8) is 0 Å². The lowest BCUT2D eigenvalue weighted by atomic mass is 10.1. The van der Waals surface area contributed by atoms with Crippen molar-refractivity contribution in [2.45, 2.75) is 38.0 Å². The Morgan fingerprint density at radius 1 is 1.06 bits per heavy atom. The van der Waals surface area contributed by atoms with Crippen molar-refractivity contribution < 1.29 is 22.7 Å². The number of carbonyl (C=O) groups excluding carboxylic acids is 2. The molecule has 31 heavy (non-hydrogen) atoms. The van der Waals surface area contributed by atoms with Crippen molar-refractivity contribution in [2.75, 3.05) is 25.0 Å². The standard InChI is InChI=1S/C22H25ClN2O5S/c1-15-6-8-18(16(2)12-15)22(27)30-14-21(26)24-20-13-17(7-9-19(20)23)31(28,29)25-10-4-3-5-11-25/h6-9,12-13H,3-5,10-11,14H2,1-2H3,(H,24,26). The fourth-order valence-corrected chi connectivity index (χ4v) is 5.16. The Labute approximate surface area is 187 Å². The lowest BCUT2D eigenvalue weighted by molar-refractivity contribution is -0.119. The predicted octanol–water partition coefficient (Wildman–Crippen LogP) is 3.93. The summed E-state index contributed by atoms with van der Waals surface area (Å²) in [5, 5.41) is 2.71. The van der Waals surface area contributed by atoms with Gasteiger partial charge >= 0.3 is 5.97 Å². The van der Waals surface area contributed by atoms with Gasteiger partial charge in [0, 0.05) is 13.1 Å². The van der Waals surface area contributed by atoms with Gasteiger partial charge in [-0.15, -0.1) is 0 Å². The fraction of sp³-hybridized carbons (Fsp3) is 0.364. The third kappa shape index (κ3) is 5.64. The first kappa shape index (κ1) is 23.2. The van der Waals surface area contributed by atoms with Crippen LogP contribution in [0.25, 0.3) is 0 Å². The van der Waals surface area contributed by atoms with Crippen LogP contribution in [-0.4, -0.2) is 44.3 Å². The summed E-state index contributed by atoms with van der Waals surface area (Å²) in [5.41, 5.74) is 2.29. The number of hydrogen-bond donors (Lipinski definition) is 1. The molecule has 1 amide bonds. The number of carbonyl (C=O) groups is 2. The third-order valence-corrected chi connectivity index (χ3v) is 7.33. The first-order chi connectivity index (χ1) is 14.7. The number of hydrogen-bond acceptors (Lipinski definition) is 5. The highest BCUT2D eigenvalue weighted by atomic mass is 35.5. The highest BCUT2D eigenvalue weighted by molar-refractivity contribution is 7.89. The van der Waals surface area contributed by atoms with Gasteiger partial charge in [-0.1, -0.05) is 35.7 Å². The Hall–Kier alpha value is -2.42. The van der Waals surface area contributed by atoms with Gasteiger partial charge in [-0.2, -0.15) is 4.31 Å². The summed E-state index contributed by atoms with van der Waals surface area (Å²) in [6.45, 7) is 4.13. The molecular formula is C22H25ClN2O5S. The van der Waals surface area contributed by atoms with E-state index in [1.807, 2.05) is 13.0 Å².